The molecule has 4 heteroatoms. The Morgan fingerprint density at radius 1 is 1.57 bits per heavy atom. The van der Waals surface area contributed by atoms with Crippen molar-refractivity contribution in [3.05, 3.63) is 0 Å². The van der Waals surface area contributed by atoms with Gasteiger partial charge in [0, 0.05) is 12.5 Å². The Morgan fingerprint density at radius 3 is 2.71 bits per heavy atom. The van der Waals surface area contributed by atoms with Gasteiger partial charge >= 0.3 is 0 Å². The van der Waals surface area contributed by atoms with Crippen LogP contribution in [0.2, 0.25) is 0 Å². The van der Waals surface area contributed by atoms with Gasteiger partial charge in [0.2, 0.25) is 0 Å². The van der Waals surface area contributed by atoms with Gasteiger partial charge in [-0.3, -0.25) is 0 Å². The molecular formula is C10H21NO2S. The number of nitrogens with one attached hydrogen (secondary N) is 1. The summed E-state index contributed by atoms with van der Waals surface area (Å²) in [5.74, 6) is 1.26. The monoisotopic (exact) mass is 219 g/mol. The van der Waals surface area contributed by atoms with Crippen LogP contribution >= 0.6 is 11.8 Å². The summed E-state index contributed by atoms with van der Waals surface area (Å²) in [5.41, 5.74) is 0. The summed E-state index contributed by atoms with van der Waals surface area (Å²) in [6.07, 6.45) is 2.37. The minimum absolute atomic E-state index is 0.241. The normalized spacial score (nSPS) is 27.9. The molecule has 0 spiro atoms. The van der Waals surface area contributed by atoms with Crippen molar-refractivity contribution in [1.29, 1.82) is 0 Å². The minimum atomic E-state index is -0.394. The first-order valence-electron chi connectivity index (χ1n) is 5.04. The van der Waals surface area contributed by atoms with Gasteiger partial charge in [-0.1, -0.05) is 0 Å². The van der Waals surface area contributed by atoms with Crippen LogP contribution in [0.25, 0.3) is 0 Å². The maximum atomic E-state index is 5.84. The van der Waals surface area contributed by atoms with Crippen LogP contribution in [-0.2, 0) is 9.47 Å². The Hall–Kier alpha value is 0.230. The number of hydrogen-bond donors (Lipinski definition) is 1. The van der Waals surface area contributed by atoms with E-state index in [4.69, 9.17) is 9.47 Å². The summed E-state index contributed by atoms with van der Waals surface area (Å²) in [7, 11) is 1.98. The average molecular weight is 219 g/mol. The van der Waals surface area contributed by atoms with E-state index in [2.05, 4.69) is 11.6 Å². The highest BCUT2D eigenvalue weighted by atomic mass is 32.2. The predicted octanol–water partition coefficient (Wildman–Crippen LogP) is 1.34. The molecule has 0 saturated carbocycles. The van der Waals surface area contributed by atoms with Crippen LogP contribution in [0.3, 0.4) is 0 Å². The molecule has 1 saturated heterocycles. The quantitative estimate of drug-likeness (QED) is 0.756. The Morgan fingerprint density at radius 2 is 2.29 bits per heavy atom. The van der Waals surface area contributed by atoms with Crippen LogP contribution in [0, 0.1) is 5.92 Å². The van der Waals surface area contributed by atoms with E-state index in [1.54, 1.807) is 0 Å². The molecule has 0 aliphatic carbocycles. The largest absolute Gasteiger partial charge is 0.348 e. The van der Waals surface area contributed by atoms with Crippen LogP contribution in [0.5, 0.6) is 0 Å². The molecule has 14 heavy (non-hydrogen) atoms. The van der Waals surface area contributed by atoms with Crippen LogP contribution < -0.4 is 5.32 Å². The highest BCUT2D eigenvalue weighted by Gasteiger charge is 2.36. The molecule has 0 bridgehead atoms. The fourth-order valence-electron chi connectivity index (χ4n) is 1.72. The molecule has 2 atom stereocenters. The van der Waals surface area contributed by atoms with Crippen molar-refractivity contribution in [3.8, 4) is 0 Å². The molecule has 0 radical (unpaired) electrons. The first-order chi connectivity index (χ1) is 6.59. The number of ether oxygens (including phenoxy) is 2. The van der Waals surface area contributed by atoms with Crippen molar-refractivity contribution >= 4 is 11.8 Å². The van der Waals surface area contributed by atoms with Crippen molar-refractivity contribution in [3.63, 3.8) is 0 Å². The maximum Gasteiger partial charge on any atom is 0.163 e. The van der Waals surface area contributed by atoms with Crippen molar-refractivity contribution in [1.82, 2.24) is 5.32 Å². The summed E-state index contributed by atoms with van der Waals surface area (Å²) < 4.78 is 11.4. The van der Waals surface area contributed by atoms with E-state index in [0.29, 0.717) is 5.92 Å². The van der Waals surface area contributed by atoms with E-state index >= 15 is 0 Å². The Labute approximate surface area is 90.9 Å². The van der Waals surface area contributed by atoms with Gasteiger partial charge < -0.3 is 14.8 Å². The lowest BCUT2D eigenvalue weighted by Crippen LogP contribution is -2.34. The van der Waals surface area contributed by atoms with Gasteiger partial charge in [-0.2, -0.15) is 11.8 Å². The summed E-state index contributed by atoms with van der Waals surface area (Å²) in [4.78, 5) is 0. The summed E-state index contributed by atoms with van der Waals surface area (Å²) in [6, 6.07) is 0. The molecule has 0 unspecified atom stereocenters. The second kappa shape index (κ2) is 5.35. The van der Waals surface area contributed by atoms with Gasteiger partial charge in [-0.05, 0) is 32.9 Å². The number of rotatable bonds is 5. The lowest BCUT2D eigenvalue weighted by atomic mass is 10.1. The van der Waals surface area contributed by atoms with Crippen LogP contribution in [-0.4, -0.2) is 44.1 Å². The second-order valence-corrected chi connectivity index (χ2v) is 5.05. The molecule has 1 aliphatic rings. The third-order valence-corrected chi connectivity index (χ3v) is 3.16. The molecule has 1 fully saturated rings. The van der Waals surface area contributed by atoms with E-state index < -0.39 is 5.79 Å². The second-order valence-electron chi connectivity index (χ2n) is 4.14. The zero-order valence-corrected chi connectivity index (χ0v) is 10.3. The molecule has 0 aromatic carbocycles. The zero-order chi connectivity index (χ0) is 10.6. The highest BCUT2D eigenvalue weighted by Crippen LogP contribution is 2.27. The predicted molar refractivity (Wildman–Crippen MR) is 60.7 cm³/mol. The van der Waals surface area contributed by atoms with E-state index in [1.807, 2.05) is 32.7 Å². The molecule has 3 nitrogen and oxygen atoms in total. The lowest BCUT2D eigenvalue weighted by molar-refractivity contribution is -0.143. The average Bonchev–Trinajstić information content (AvgIpc) is 2.46. The summed E-state index contributed by atoms with van der Waals surface area (Å²) in [6.45, 7) is 5.66. The van der Waals surface area contributed by atoms with Gasteiger partial charge in [0.05, 0.1) is 12.7 Å². The van der Waals surface area contributed by atoms with Gasteiger partial charge in [-0.15, -0.1) is 0 Å². The lowest BCUT2D eigenvalue weighted by Gasteiger charge is -2.23. The van der Waals surface area contributed by atoms with Crippen molar-refractivity contribution in [2.45, 2.75) is 25.7 Å². The van der Waals surface area contributed by atoms with Gasteiger partial charge in [0.15, 0.2) is 5.79 Å². The third kappa shape index (κ3) is 3.42. The van der Waals surface area contributed by atoms with Crippen LogP contribution in [0.1, 0.15) is 13.8 Å². The first kappa shape index (κ1) is 12.3. The minimum Gasteiger partial charge on any atom is -0.348 e. The number of hydrogen-bond acceptors (Lipinski definition) is 4. The molecule has 1 heterocycles. The third-order valence-electron chi connectivity index (χ3n) is 2.40. The maximum absolute atomic E-state index is 5.84. The molecule has 84 valence electrons. The van der Waals surface area contributed by atoms with Crippen molar-refractivity contribution < 1.29 is 9.47 Å². The molecule has 0 aromatic rings. The van der Waals surface area contributed by atoms with E-state index in [0.717, 1.165) is 18.9 Å². The van der Waals surface area contributed by atoms with Crippen molar-refractivity contribution in [2.75, 3.05) is 32.2 Å². The summed E-state index contributed by atoms with van der Waals surface area (Å²) >= 11 is 1.86. The fourth-order valence-corrected chi connectivity index (χ4v) is 2.48. The molecule has 0 amide bonds. The van der Waals surface area contributed by atoms with E-state index in [-0.39, 0.29) is 6.10 Å². The van der Waals surface area contributed by atoms with Gasteiger partial charge in [0.1, 0.15) is 0 Å². The van der Waals surface area contributed by atoms with Crippen LogP contribution in [0.15, 0.2) is 0 Å². The van der Waals surface area contributed by atoms with E-state index in [1.165, 1.54) is 0 Å². The Balaban J connectivity index is 2.44. The van der Waals surface area contributed by atoms with Gasteiger partial charge in [0.25, 0.3) is 0 Å². The molecule has 1 rings (SSSR count). The Kier molecular flexibility index (Phi) is 4.70. The first-order valence-corrected chi connectivity index (χ1v) is 6.44. The Bertz CT molecular complexity index is 170. The topological polar surface area (TPSA) is 30.5 Å². The van der Waals surface area contributed by atoms with Gasteiger partial charge in [-0.25, -0.2) is 0 Å². The number of thioether (sulfide) groups is 1. The zero-order valence-electron chi connectivity index (χ0n) is 9.50. The van der Waals surface area contributed by atoms with Crippen molar-refractivity contribution in [2.24, 2.45) is 5.92 Å². The standard InChI is InChI=1S/C10H21NO2S/c1-10(2)12-6-9(13-10)8(5-11-3)7-14-4/h8-9,11H,5-7H2,1-4H3/t8-,9+/m1/s1. The highest BCUT2D eigenvalue weighted by molar-refractivity contribution is 7.98. The van der Waals surface area contributed by atoms with E-state index in [9.17, 15) is 0 Å². The molecule has 1 N–H and O–H groups in total. The van der Waals surface area contributed by atoms with Crippen LogP contribution in [0.4, 0.5) is 0 Å². The molecular weight excluding hydrogens is 198 g/mol. The summed E-state index contributed by atoms with van der Waals surface area (Å²) in [5, 5.41) is 3.21. The fraction of sp³-hybridized carbons (Fsp3) is 1.00. The molecule has 0 aromatic heterocycles. The molecule has 1 aliphatic heterocycles. The smallest absolute Gasteiger partial charge is 0.163 e. The SMILES string of the molecule is CNC[C@H](CSC)[C@@H]1COC(C)(C)O1.